The lowest BCUT2D eigenvalue weighted by Gasteiger charge is -2.40. The lowest BCUT2D eigenvalue weighted by Crippen LogP contribution is -2.32. The van der Waals surface area contributed by atoms with Crippen LogP contribution in [0.15, 0.2) is 233 Å². The minimum atomic E-state index is -0.657. The van der Waals surface area contributed by atoms with Crippen LogP contribution in [0, 0.1) is 0 Å². The van der Waals surface area contributed by atoms with Crippen LogP contribution in [0.1, 0.15) is 22.3 Å². The topological polar surface area (TPSA) is 38.8 Å². The smallest absolute Gasteiger partial charge is 0.140 e. The Morgan fingerprint density at radius 2 is 0.851 bits per heavy atom. The predicted octanol–water partition coefficient (Wildman–Crippen LogP) is 17.4. The monoisotopic (exact) mass is 855 g/mol. The van der Waals surface area contributed by atoms with Crippen molar-refractivity contribution in [3.8, 4) is 33.8 Å². The summed E-state index contributed by atoms with van der Waals surface area (Å²) in [6, 6.07) is 80.7. The van der Waals surface area contributed by atoms with Gasteiger partial charge in [0.15, 0.2) is 0 Å². The zero-order valence-corrected chi connectivity index (χ0v) is 36.0. The van der Waals surface area contributed by atoms with Crippen molar-refractivity contribution in [1.29, 1.82) is 0 Å². The van der Waals surface area contributed by atoms with Gasteiger partial charge in [-0.25, -0.2) is 0 Å². The van der Waals surface area contributed by atoms with Crippen LogP contribution in [0.2, 0.25) is 0 Å². The second kappa shape index (κ2) is 13.6. The fourth-order valence-corrected chi connectivity index (χ4v) is 11.7. The second-order valence-corrected chi connectivity index (χ2v) is 17.9. The highest BCUT2D eigenvalue weighted by Gasteiger charge is 2.52. The molecule has 67 heavy (non-hydrogen) atoms. The highest BCUT2D eigenvalue weighted by molar-refractivity contribution is 6.16. The fourth-order valence-electron chi connectivity index (χ4n) is 11.7. The minimum Gasteiger partial charge on any atom is -0.456 e. The molecule has 0 atom stereocenters. The van der Waals surface area contributed by atoms with Gasteiger partial charge in [-0.15, -0.1) is 0 Å². The van der Waals surface area contributed by atoms with Gasteiger partial charge in [0, 0.05) is 60.5 Å². The summed E-state index contributed by atoms with van der Waals surface area (Å²) in [5, 5.41) is 8.83. The molecule has 15 rings (SSSR count). The summed E-state index contributed by atoms with van der Waals surface area (Å²) in [4.78, 5) is 2.33. The molecule has 4 heteroatoms. The van der Waals surface area contributed by atoms with Crippen LogP contribution in [0.4, 0.5) is 17.1 Å². The molecule has 0 radical (unpaired) electrons. The maximum absolute atomic E-state index is 7.24. The van der Waals surface area contributed by atoms with Crippen molar-refractivity contribution in [1.82, 2.24) is 0 Å². The summed E-state index contributed by atoms with van der Waals surface area (Å²) in [6.45, 7) is 0. The number of benzene rings is 11. The molecule has 0 saturated carbocycles. The number of hydrogen-bond acceptors (Lipinski definition) is 4. The first-order chi connectivity index (χ1) is 33.2. The molecular weight excluding hydrogens is 819 g/mol. The van der Waals surface area contributed by atoms with E-state index in [0.717, 1.165) is 116 Å². The van der Waals surface area contributed by atoms with E-state index in [1.165, 1.54) is 22.3 Å². The molecule has 2 aromatic heterocycles. The first-order valence-electron chi connectivity index (χ1n) is 22.9. The quantitative estimate of drug-likeness (QED) is 0.177. The molecule has 1 aliphatic carbocycles. The van der Waals surface area contributed by atoms with Gasteiger partial charge in [-0.2, -0.15) is 0 Å². The zero-order chi connectivity index (χ0) is 43.8. The van der Waals surface area contributed by atoms with E-state index in [0.29, 0.717) is 0 Å². The van der Waals surface area contributed by atoms with E-state index in [-0.39, 0.29) is 0 Å². The molecule has 0 unspecified atom stereocenters. The van der Waals surface area contributed by atoms with E-state index >= 15 is 0 Å². The van der Waals surface area contributed by atoms with Crippen LogP contribution in [0.25, 0.3) is 87.7 Å². The standard InChI is InChI=1S/C63H37NO3/c1-2-16-40(17-3-1)64(41-30-34-56-49(36-41)45-20-9-11-26-55(45)65-56)42-31-35-57-50(37-42)60-47(23-13-27-58(60)66-57)46-22-12-25-52-59(46)48-21-8-10-24-51(48)63(52)53-32-28-38-14-4-6-18-43(38)61(53)67-62-44-19-7-5-15-39(44)29-33-54(62)63/h1-37H. The van der Waals surface area contributed by atoms with Crippen LogP contribution >= 0.6 is 0 Å². The number of hydrogen-bond donors (Lipinski definition) is 0. The molecule has 2 aliphatic rings. The van der Waals surface area contributed by atoms with E-state index < -0.39 is 5.41 Å². The van der Waals surface area contributed by atoms with Crippen LogP contribution in [-0.2, 0) is 5.41 Å². The van der Waals surface area contributed by atoms with Gasteiger partial charge in [0.2, 0.25) is 0 Å². The average Bonchev–Trinajstić information content (AvgIpc) is 4.05. The van der Waals surface area contributed by atoms with E-state index in [1.807, 2.05) is 12.1 Å². The second-order valence-electron chi connectivity index (χ2n) is 17.9. The van der Waals surface area contributed by atoms with E-state index in [9.17, 15) is 0 Å². The lowest BCUT2D eigenvalue weighted by molar-refractivity contribution is 0.447. The maximum Gasteiger partial charge on any atom is 0.140 e. The number of para-hydroxylation sites is 2. The van der Waals surface area contributed by atoms with Gasteiger partial charge in [-0.1, -0.05) is 164 Å². The third-order valence-corrected chi connectivity index (χ3v) is 14.5. The van der Waals surface area contributed by atoms with Gasteiger partial charge in [-0.05, 0) is 105 Å². The molecule has 11 aromatic carbocycles. The minimum absolute atomic E-state index is 0.657. The average molecular weight is 856 g/mol. The number of rotatable bonds is 4. The molecule has 3 heterocycles. The van der Waals surface area contributed by atoms with Crippen molar-refractivity contribution in [2.24, 2.45) is 0 Å². The number of ether oxygens (including phenoxy) is 1. The summed E-state index contributed by atoms with van der Waals surface area (Å²) >= 11 is 0. The molecule has 0 fully saturated rings. The Bertz CT molecular complexity index is 4130. The predicted molar refractivity (Wildman–Crippen MR) is 274 cm³/mol. The number of anilines is 3. The van der Waals surface area contributed by atoms with Crippen molar-refractivity contribution >= 4 is 82.5 Å². The molecule has 1 aliphatic heterocycles. The van der Waals surface area contributed by atoms with E-state index in [2.05, 4.69) is 217 Å². The lowest BCUT2D eigenvalue weighted by atomic mass is 9.65. The summed E-state index contributed by atoms with van der Waals surface area (Å²) < 4.78 is 20.3. The summed E-state index contributed by atoms with van der Waals surface area (Å²) in [5.74, 6) is 1.82. The zero-order valence-electron chi connectivity index (χ0n) is 36.0. The number of fused-ring (bicyclic) bond motifs is 19. The SMILES string of the molecule is c1ccc(N(c2ccc3oc4ccccc4c3c2)c2ccc3oc4cccc(-c5cccc6c5-c5ccccc5C65c6ccc7ccccc7c6Oc6c5ccc5ccccc65)c4c3c2)cc1. The fraction of sp³-hybridized carbons (Fsp3) is 0.0159. The van der Waals surface area contributed by atoms with Crippen molar-refractivity contribution in [3.63, 3.8) is 0 Å². The van der Waals surface area contributed by atoms with Crippen molar-refractivity contribution < 1.29 is 13.6 Å². The van der Waals surface area contributed by atoms with Gasteiger partial charge < -0.3 is 18.5 Å². The Kier molecular flexibility index (Phi) is 7.40. The summed E-state index contributed by atoms with van der Waals surface area (Å²) in [7, 11) is 0. The third kappa shape index (κ3) is 4.96. The van der Waals surface area contributed by atoms with Gasteiger partial charge in [0.1, 0.15) is 33.8 Å². The first kappa shape index (κ1) is 36.5. The Morgan fingerprint density at radius 3 is 1.61 bits per heavy atom. The molecule has 312 valence electrons. The summed E-state index contributed by atoms with van der Waals surface area (Å²) in [6.07, 6.45) is 0. The van der Waals surface area contributed by atoms with E-state index in [4.69, 9.17) is 13.6 Å². The Labute approximate surface area is 385 Å². The molecule has 4 nitrogen and oxygen atoms in total. The van der Waals surface area contributed by atoms with Crippen molar-refractivity contribution in [3.05, 3.63) is 247 Å². The molecule has 13 aromatic rings. The van der Waals surface area contributed by atoms with Crippen molar-refractivity contribution in [2.45, 2.75) is 5.41 Å². The third-order valence-electron chi connectivity index (χ3n) is 14.5. The van der Waals surface area contributed by atoms with Crippen molar-refractivity contribution in [2.75, 3.05) is 4.90 Å². The molecule has 1 spiro atoms. The van der Waals surface area contributed by atoms with Gasteiger partial charge in [0.05, 0.1) is 5.41 Å². The molecule has 0 bridgehead atoms. The maximum atomic E-state index is 7.24. The number of furan rings is 2. The Hall–Kier alpha value is -8.86. The number of nitrogens with zero attached hydrogens (tertiary/aromatic N) is 1. The Balaban J connectivity index is 0.986. The molecule has 0 amide bonds. The normalized spacial score (nSPS) is 13.3. The molecule has 0 saturated heterocycles. The van der Waals surface area contributed by atoms with Crippen LogP contribution in [0.5, 0.6) is 11.5 Å². The highest BCUT2D eigenvalue weighted by Crippen LogP contribution is 2.65. The van der Waals surface area contributed by atoms with Gasteiger partial charge >= 0.3 is 0 Å². The Morgan fingerprint density at radius 1 is 0.313 bits per heavy atom. The van der Waals surface area contributed by atoms with Gasteiger partial charge in [-0.3, -0.25) is 0 Å². The molecule has 0 N–H and O–H groups in total. The molecular formula is C63H37NO3. The first-order valence-corrected chi connectivity index (χ1v) is 22.9. The van der Waals surface area contributed by atoms with Crippen LogP contribution in [0.3, 0.4) is 0 Å². The highest BCUT2D eigenvalue weighted by atomic mass is 16.5. The van der Waals surface area contributed by atoms with Crippen LogP contribution in [-0.4, -0.2) is 0 Å². The van der Waals surface area contributed by atoms with E-state index in [1.54, 1.807) is 0 Å². The van der Waals surface area contributed by atoms with Gasteiger partial charge in [0.25, 0.3) is 0 Å². The largest absolute Gasteiger partial charge is 0.456 e. The van der Waals surface area contributed by atoms with Crippen LogP contribution < -0.4 is 9.64 Å². The summed E-state index contributed by atoms with van der Waals surface area (Å²) in [5.41, 5.74) is 15.4.